The summed E-state index contributed by atoms with van der Waals surface area (Å²) in [5.74, 6) is 0.217. The molecule has 3 rings (SSSR count). The first kappa shape index (κ1) is 18.6. The molecule has 1 N–H and O–H groups in total. The minimum atomic E-state index is -0.156. The van der Waals surface area contributed by atoms with Crippen LogP contribution in [0, 0.1) is 12.8 Å². The van der Waals surface area contributed by atoms with E-state index in [9.17, 15) is 4.79 Å². The molecule has 1 aromatic heterocycles. The zero-order valence-electron chi connectivity index (χ0n) is 16.4. The summed E-state index contributed by atoms with van der Waals surface area (Å²) >= 11 is 0. The zero-order chi connectivity index (χ0) is 18.8. The van der Waals surface area contributed by atoms with Gasteiger partial charge >= 0.3 is 0 Å². The van der Waals surface area contributed by atoms with Crippen LogP contribution >= 0.6 is 0 Å². The second-order valence-electron chi connectivity index (χ2n) is 7.48. The van der Waals surface area contributed by atoms with E-state index in [1.165, 1.54) is 11.1 Å². The molecule has 1 atom stereocenters. The summed E-state index contributed by atoms with van der Waals surface area (Å²) in [5, 5.41) is 11.5. The Bertz CT molecular complexity index is 795. The van der Waals surface area contributed by atoms with E-state index in [4.69, 9.17) is 0 Å². The van der Waals surface area contributed by atoms with Gasteiger partial charge in [0.15, 0.2) is 5.69 Å². The third-order valence-corrected chi connectivity index (χ3v) is 5.46. The van der Waals surface area contributed by atoms with Crippen LogP contribution in [-0.4, -0.2) is 44.9 Å². The Morgan fingerprint density at radius 1 is 1.31 bits per heavy atom. The number of fused-ring (bicyclic) bond motifs is 1. The Morgan fingerprint density at radius 3 is 2.77 bits per heavy atom. The van der Waals surface area contributed by atoms with Crippen LogP contribution in [0.3, 0.4) is 0 Å². The molecule has 0 saturated carbocycles. The van der Waals surface area contributed by atoms with Crippen molar-refractivity contribution in [1.29, 1.82) is 0 Å². The third kappa shape index (κ3) is 3.51. The van der Waals surface area contributed by atoms with E-state index in [0.717, 1.165) is 37.4 Å². The number of rotatable bonds is 5. The van der Waals surface area contributed by atoms with Crippen LogP contribution < -0.4 is 5.32 Å². The number of nitrogens with zero attached hydrogens (tertiary/aromatic N) is 4. The third-order valence-electron chi connectivity index (χ3n) is 5.46. The van der Waals surface area contributed by atoms with Gasteiger partial charge in [-0.15, -0.1) is 5.10 Å². The number of aromatic nitrogens is 3. The number of carbonyl (C=O) groups excluding carboxylic acids is 1. The van der Waals surface area contributed by atoms with Crippen molar-refractivity contribution in [2.45, 2.75) is 53.6 Å². The van der Waals surface area contributed by atoms with Crippen molar-refractivity contribution >= 4 is 5.91 Å². The quantitative estimate of drug-likeness (QED) is 0.896. The normalized spacial score (nSPS) is 15.8. The topological polar surface area (TPSA) is 63.1 Å². The van der Waals surface area contributed by atoms with Gasteiger partial charge in [-0.3, -0.25) is 9.69 Å². The van der Waals surface area contributed by atoms with Crippen molar-refractivity contribution in [2.75, 3.05) is 13.1 Å². The lowest BCUT2D eigenvalue weighted by Gasteiger charge is -2.29. The first-order chi connectivity index (χ1) is 12.4. The van der Waals surface area contributed by atoms with E-state index in [0.29, 0.717) is 11.6 Å². The van der Waals surface area contributed by atoms with E-state index in [-0.39, 0.29) is 11.9 Å². The molecule has 1 aliphatic heterocycles. The Balaban J connectivity index is 1.91. The molecule has 1 amide bonds. The van der Waals surface area contributed by atoms with Gasteiger partial charge in [0.25, 0.3) is 5.91 Å². The van der Waals surface area contributed by atoms with Crippen molar-refractivity contribution in [1.82, 2.24) is 25.2 Å². The molecule has 6 nitrogen and oxygen atoms in total. The van der Waals surface area contributed by atoms with Crippen LogP contribution in [0.2, 0.25) is 0 Å². The van der Waals surface area contributed by atoms with Gasteiger partial charge in [-0.2, -0.15) is 0 Å². The number of benzene rings is 1. The number of likely N-dealkylation sites (N-methyl/N-ethyl adjacent to an activating group) is 1. The highest BCUT2D eigenvalue weighted by Gasteiger charge is 2.23. The van der Waals surface area contributed by atoms with Crippen LogP contribution in [0.25, 0.3) is 5.69 Å². The maximum atomic E-state index is 12.6. The Labute approximate surface area is 155 Å². The number of amides is 1. The average molecular weight is 355 g/mol. The van der Waals surface area contributed by atoms with Crippen LogP contribution in [0.5, 0.6) is 0 Å². The molecule has 140 valence electrons. The van der Waals surface area contributed by atoms with E-state index in [2.05, 4.69) is 59.5 Å². The first-order valence-electron chi connectivity index (χ1n) is 9.49. The van der Waals surface area contributed by atoms with E-state index < -0.39 is 0 Å². The molecule has 0 spiro atoms. The first-order valence-corrected chi connectivity index (χ1v) is 9.49. The molecule has 1 unspecified atom stereocenters. The maximum absolute atomic E-state index is 12.6. The maximum Gasteiger partial charge on any atom is 0.273 e. The van der Waals surface area contributed by atoms with Gasteiger partial charge < -0.3 is 5.32 Å². The monoisotopic (exact) mass is 355 g/mol. The molecular weight excluding hydrogens is 326 g/mol. The predicted octanol–water partition coefficient (Wildman–Crippen LogP) is 2.73. The van der Waals surface area contributed by atoms with Gasteiger partial charge in [-0.1, -0.05) is 38.1 Å². The molecule has 0 saturated heterocycles. The van der Waals surface area contributed by atoms with Gasteiger partial charge in [0.05, 0.1) is 11.4 Å². The van der Waals surface area contributed by atoms with Crippen molar-refractivity contribution in [3.63, 3.8) is 0 Å². The Hall–Kier alpha value is -2.21. The van der Waals surface area contributed by atoms with Gasteiger partial charge in [-0.05, 0) is 49.9 Å². The van der Waals surface area contributed by atoms with E-state index in [1.54, 1.807) is 0 Å². The van der Waals surface area contributed by atoms with Crippen LogP contribution in [-0.2, 0) is 13.0 Å². The lowest BCUT2D eigenvalue weighted by atomic mass is 9.97. The Morgan fingerprint density at radius 2 is 2.08 bits per heavy atom. The molecule has 1 aromatic carbocycles. The average Bonchev–Trinajstić information content (AvgIpc) is 3.01. The number of carbonyl (C=O) groups is 1. The predicted molar refractivity (Wildman–Crippen MR) is 103 cm³/mol. The fourth-order valence-electron chi connectivity index (χ4n) is 3.33. The summed E-state index contributed by atoms with van der Waals surface area (Å²) in [6.45, 7) is 13.4. The van der Waals surface area contributed by atoms with Crippen molar-refractivity contribution in [3.8, 4) is 5.69 Å². The molecule has 1 aliphatic rings. The number of hydrogen-bond acceptors (Lipinski definition) is 4. The molecule has 6 heteroatoms. The van der Waals surface area contributed by atoms with Gasteiger partial charge in [0, 0.05) is 19.1 Å². The van der Waals surface area contributed by atoms with Gasteiger partial charge in [0.2, 0.25) is 0 Å². The summed E-state index contributed by atoms with van der Waals surface area (Å²) < 4.78 is 1.81. The summed E-state index contributed by atoms with van der Waals surface area (Å²) in [7, 11) is 0. The van der Waals surface area contributed by atoms with Gasteiger partial charge in [0.1, 0.15) is 0 Å². The van der Waals surface area contributed by atoms with E-state index in [1.807, 2.05) is 18.5 Å². The molecular formula is C20H29N5O. The second kappa shape index (κ2) is 7.58. The lowest BCUT2D eigenvalue weighted by Crippen LogP contribution is -2.36. The number of nitrogens with one attached hydrogen (secondary N) is 1. The second-order valence-corrected chi connectivity index (χ2v) is 7.48. The van der Waals surface area contributed by atoms with Crippen molar-refractivity contribution in [3.05, 3.63) is 40.7 Å². The highest BCUT2D eigenvalue weighted by molar-refractivity contribution is 5.93. The molecule has 2 aromatic rings. The fraction of sp³-hybridized carbons (Fsp3) is 0.550. The SMILES string of the molecule is CCN1CCc2c(cccc2-n2nnc(C(=O)NC(C)C(C)C)c2C)C1. The summed E-state index contributed by atoms with van der Waals surface area (Å²) in [6.07, 6.45) is 0.991. The van der Waals surface area contributed by atoms with E-state index >= 15 is 0 Å². The van der Waals surface area contributed by atoms with Crippen LogP contribution in [0.1, 0.15) is 55.0 Å². The molecule has 0 aliphatic carbocycles. The highest BCUT2D eigenvalue weighted by Crippen LogP contribution is 2.26. The van der Waals surface area contributed by atoms with Crippen LogP contribution in [0.15, 0.2) is 18.2 Å². The minimum absolute atomic E-state index is 0.0940. The molecule has 2 heterocycles. The van der Waals surface area contributed by atoms with Crippen molar-refractivity contribution < 1.29 is 4.79 Å². The standard InChI is InChI=1S/C20H29N5O/c1-6-24-11-10-17-16(12-24)8-7-9-18(17)25-15(5)19(22-23-25)20(26)21-14(4)13(2)3/h7-9,13-14H,6,10-12H2,1-5H3,(H,21,26). The van der Waals surface area contributed by atoms with Crippen LogP contribution in [0.4, 0.5) is 0 Å². The highest BCUT2D eigenvalue weighted by atomic mass is 16.2. The molecule has 26 heavy (non-hydrogen) atoms. The zero-order valence-corrected chi connectivity index (χ0v) is 16.4. The summed E-state index contributed by atoms with van der Waals surface area (Å²) in [4.78, 5) is 15.0. The lowest BCUT2D eigenvalue weighted by molar-refractivity contribution is 0.0924. The molecule has 0 radical (unpaired) electrons. The van der Waals surface area contributed by atoms with Crippen molar-refractivity contribution in [2.24, 2.45) is 5.92 Å². The smallest absolute Gasteiger partial charge is 0.273 e. The fourth-order valence-corrected chi connectivity index (χ4v) is 3.33. The molecule has 0 bridgehead atoms. The molecule has 0 fully saturated rings. The largest absolute Gasteiger partial charge is 0.348 e. The Kier molecular flexibility index (Phi) is 5.41. The number of hydrogen-bond donors (Lipinski definition) is 1. The summed E-state index contributed by atoms with van der Waals surface area (Å²) in [5.41, 5.74) is 4.88. The minimum Gasteiger partial charge on any atom is -0.348 e. The van der Waals surface area contributed by atoms with Gasteiger partial charge in [-0.25, -0.2) is 4.68 Å². The summed E-state index contributed by atoms with van der Waals surface area (Å²) in [6, 6.07) is 6.41.